The summed E-state index contributed by atoms with van der Waals surface area (Å²) in [6, 6.07) is 9.67. The molecule has 1 aromatic rings. The Morgan fingerprint density at radius 2 is 1.71 bits per heavy atom. The Hall–Kier alpha value is -1.08. The summed E-state index contributed by atoms with van der Waals surface area (Å²) in [7, 11) is 0. The lowest BCUT2D eigenvalue weighted by Gasteiger charge is -2.13. The quantitative estimate of drug-likeness (QED) is 0.709. The first-order valence-corrected chi connectivity index (χ1v) is 4.91. The molecule has 0 heterocycles. The van der Waals surface area contributed by atoms with Crippen LogP contribution in [0.4, 0.5) is 0 Å². The van der Waals surface area contributed by atoms with Crippen LogP contribution in [0.2, 0.25) is 0 Å². The predicted molar refractivity (Wildman–Crippen MR) is 60.0 cm³/mol. The van der Waals surface area contributed by atoms with E-state index in [9.17, 15) is 5.11 Å². The largest absolute Gasteiger partial charge is 0.384 e. The van der Waals surface area contributed by atoms with E-state index in [1.165, 1.54) is 0 Å². The number of hydrogen-bond acceptors (Lipinski definition) is 1. The maximum Gasteiger partial charge on any atom is 0.0971 e. The minimum absolute atomic E-state index is 0.121. The Bertz CT molecular complexity index is 293. The average Bonchev–Trinajstić information content (AvgIpc) is 2.14. The summed E-state index contributed by atoms with van der Waals surface area (Å²) in [6.45, 7) is 6.34. The van der Waals surface area contributed by atoms with E-state index >= 15 is 0 Å². The van der Waals surface area contributed by atoms with Crippen LogP contribution >= 0.6 is 0 Å². The lowest BCUT2D eigenvalue weighted by molar-refractivity contribution is 0.227. The van der Waals surface area contributed by atoms with Crippen LogP contribution in [0, 0.1) is 5.41 Å². The molecule has 0 saturated carbocycles. The highest BCUT2D eigenvalue weighted by Crippen LogP contribution is 2.19. The molecular formula is C13H18O. The minimum Gasteiger partial charge on any atom is -0.384 e. The van der Waals surface area contributed by atoms with Crippen LogP contribution in [0.1, 0.15) is 32.4 Å². The lowest BCUT2D eigenvalue weighted by atomic mass is 9.95. The average molecular weight is 190 g/mol. The third kappa shape index (κ3) is 3.75. The fourth-order valence-corrected chi connectivity index (χ4v) is 1.14. The van der Waals surface area contributed by atoms with E-state index in [4.69, 9.17) is 0 Å². The van der Waals surface area contributed by atoms with Gasteiger partial charge in [0.2, 0.25) is 0 Å². The maximum atomic E-state index is 9.80. The van der Waals surface area contributed by atoms with Gasteiger partial charge in [0.25, 0.3) is 0 Å². The Morgan fingerprint density at radius 3 is 2.21 bits per heavy atom. The predicted octanol–water partition coefficient (Wildman–Crippen LogP) is 3.32. The van der Waals surface area contributed by atoms with Crippen molar-refractivity contribution in [2.75, 3.05) is 0 Å². The summed E-state index contributed by atoms with van der Waals surface area (Å²) in [5.41, 5.74) is 1.06. The summed E-state index contributed by atoms with van der Waals surface area (Å²) in [4.78, 5) is 0. The van der Waals surface area contributed by atoms with Crippen LogP contribution < -0.4 is 0 Å². The first kappa shape index (κ1) is 11.0. The molecule has 1 rings (SSSR count). The molecule has 0 amide bonds. The fourth-order valence-electron chi connectivity index (χ4n) is 1.14. The number of allylic oxidation sites excluding steroid dienone is 1. The topological polar surface area (TPSA) is 20.2 Å². The number of hydrogen-bond donors (Lipinski definition) is 1. The summed E-state index contributed by atoms with van der Waals surface area (Å²) < 4.78 is 0. The van der Waals surface area contributed by atoms with Crippen molar-refractivity contribution in [3.05, 3.63) is 48.0 Å². The molecule has 0 bridgehead atoms. The molecule has 0 saturated heterocycles. The molecule has 0 radical (unpaired) electrons. The number of rotatable bonds is 2. The molecule has 14 heavy (non-hydrogen) atoms. The maximum absolute atomic E-state index is 9.80. The van der Waals surface area contributed by atoms with E-state index in [-0.39, 0.29) is 5.41 Å². The smallest absolute Gasteiger partial charge is 0.0971 e. The van der Waals surface area contributed by atoms with Crippen molar-refractivity contribution in [1.29, 1.82) is 0 Å². The standard InChI is InChI=1S/C13H18O/c1-13(2,3)10-9-12(14)11-7-5-4-6-8-11/h4-10,12,14H,1-3H3. The van der Waals surface area contributed by atoms with Crippen LogP contribution in [-0.2, 0) is 0 Å². The Balaban J connectivity index is 2.69. The normalized spacial score (nSPS) is 14.6. The van der Waals surface area contributed by atoms with E-state index in [0.717, 1.165) is 5.56 Å². The molecule has 76 valence electrons. The van der Waals surface area contributed by atoms with Crippen LogP contribution in [0.5, 0.6) is 0 Å². The first-order valence-electron chi connectivity index (χ1n) is 4.91. The second-order valence-corrected chi connectivity index (χ2v) is 4.58. The second kappa shape index (κ2) is 4.43. The van der Waals surface area contributed by atoms with Crippen molar-refractivity contribution >= 4 is 0 Å². The monoisotopic (exact) mass is 190 g/mol. The van der Waals surface area contributed by atoms with Gasteiger partial charge in [-0.2, -0.15) is 0 Å². The zero-order valence-electron chi connectivity index (χ0n) is 9.07. The van der Waals surface area contributed by atoms with Crippen molar-refractivity contribution in [2.45, 2.75) is 26.9 Å². The number of aliphatic hydroxyl groups excluding tert-OH is 1. The molecule has 0 fully saturated rings. The van der Waals surface area contributed by atoms with Gasteiger partial charge < -0.3 is 5.11 Å². The van der Waals surface area contributed by atoms with Crippen LogP contribution in [-0.4, -0.2) is 5.11 Å². The summed E-state index contributed by atoms with van der Waals surface area (Å²) in [5, 5.41) is 9.80. The van der Waals surface area contributed by atoms with Crippen molar-refractivity contribution in [3.63, 3.8) is 0 Å². The zero-order chi connectivity index (χ0) is 10.6. The fraction of sp³-hybridized carbons (Fsp3) is 0.385. The summed E-state index contributed by atoms with van der Waals surface area (Å²) in [6.07, 6.45) is 3.38. The highest BCUT2D eigenvalue weighted by Gasteiger charge is 2.07. The van der Waals surface area contributed by atoms with E-state index in [2.05, 4.69) is 20.8 Å². The van der Waals surface area contributed by atoms with Crippen molar-refractivity contribution < 1.29 is 5.11 Å². The Morgan fingerprint density at radius 1 is 1.14 bits per heavy atom. The first-order chi connectivity index (χ1) is 6.49. The molecule has 1 N–H and O–H groups in total. The molecule has 0 aromatic heterocycles. The van der Waals surface area contributed by atoms with Gasteiger partial charge in [-0.25, -0.2) is 0 Å². The highest BCUT2D eigenvalue weighted by atomic mass is 16.3. The van der Waals surface area contributed by atoms with Gasteiger partial charge in [0.05, 0.1) is 6.10 Å². The molecule has 0 spiro atoms. The third-order valence-corrected chi connectivity index (χ3v) is 1.92. The van der Waals surface area contributed by atoms with Gasteiger partial charge in [0.1, 0.15) is 0 Å². The van der Waals surface area contributed by atoms with E-state index in [0.29, 0.717) is 0 Å². The molecular weight excluding hydrogens is 172 g/mol. The summed E-state index contributed by atoms with van der Waals surface area (Å²) >= 11 is 0. The molecule has 0 aliphatic heterocycles. The van der Waals surface area contributed by atoms with Gasteiger partial charge in [-0.1, -0.05) is 63.3 Å². The lowest BCUT2D eigenvalue weighted by Crippen LogP contribution is -2.01. The third-order valence-electron chi connectivity index (χ3n) is 1.92. The molecule has 1 heteroatoms. The van der Waals surface area contributed by atoms with Crippen molar-refractivity contribution in [3.8, 4) is 0 Å². The molecule has 0 aliphatic carbocycles. The van der Waals surface area contributed by atoms with Gasteiger partial charge in [0, 0.05) is 0 Å². The highest BCUT2D eigenvalue weighted by molar-refractivity contribution is 5.21. The summed E-state index contributed by atoms with van der Waals surface area (Å²) in [5.74, 6) is 0. The SMILES string of the molecule is CC(C)(C)C=CC(O)c1ccccc1. The van der Waals surface area contributed by atoms with Gasteiger partial charge in [-0.05, 0) is 11.0 Å². The van der Waals surface area contributed by atoms with Crippen LogP contribution in [0.15, 0.2) is 42.5 Å². The van der Waals surface area contributed by atoms with Crippen molar-refractivity contribution in [2.24, 2.45) is 5.41 Å². The van der Waals surface area contributed by atoms with Gasteiger partial charge in [0.15, 0.2) is 0 Å². The van der Waals surface area contributed by atoms with Gasteiger partial charge in [-0.15, -0.1) is 0 Å². The molecule has 0 aliphatic rings. The van der Waals surface area contributed by atoms with Gasteiger partial charge >= 0.3 is 0 Å². The van der Waals surface area contributed by atoms with E-state index < -0.39 is 6.10 Å². The van der Waals surface area contributed by atoms with Crippen molar-refractivity contribution in [1.82, 2.24) is 0 Å². The number of benzene rings is 1. The second-order valence-electron chi connectivity index (χ2n) is 4.58. The number of aliphatic hydroxyl groups is 1. The zero-order valence-corrected chi connectivity index (χ0v) is 9.07. The molecule has 1 unspecified atom stereocenters. The molecule has 1 atom stereocenters. The Kier molecular flexibility index (Phi) is 3.48. The van der Waals surface area contributed by atoms with Gasteiger partial charge in [-0.3, -0.25) is 0 Å². The van der Waals surface area contributed by atoms with E-state index in [1.807, 2.05) is 42.5 Å². The van der Waals surface area contributed by atoms with E-state index in [1.54, 1.807) is 0 Å². The van der Waals surface area contributed by atoms with Crippen LogP contribution in [0.3, 0.4) is 0 Å². The minimum atomic E-state index is -0.490. The van der Waals surface area contributed by atoms with Crippen LogP contribution in [0.25, 0.3) is 0 Å². The molecule has 1 aromatic carbocycles. The molecule has 1 nitrogen and oxygen atoms in total. The Labute approximate surface area is 86.1 Å².